The average molecular weight is 593 g/mol. The third-order valence-corrected chi connectivity index (χ3v) is 7.61. The number of hydrogen-bond donors (Lipinski definition) is 1. The predicted molar refractivity (Wildman–Crippen MR) is 129 cm³/mol. The standard InChI is InChI=1S/C20H14Br2Cl2N2O3S/c1-28-15-8-12(9-25-26-20(27)16-3-2-6-30-16)17(21)18(22)19(15)29-10-11-4-5-13(23)14(24)7-11/h2-9H,10H2,1H3,(H,26,27)/b25-9+. The van der Waals surface area contributed by atoms with Gasteiger partial charge in [0.2, 0.25) is 0 Å². The fourth-order valence-corrected chi connectivity index (χ4v) is 4.26. The molecule has 1 heterocycles. The zero-order valence-corrected chi connectivity index (χ0v) is 20.9. The van der Waals surface area contributed by atoms with Gasteiger partial charge in [0.05, 0.1) is 32.7 Å². The Morgan fingerprint density at radius 2 is 2.00 bits per heavy atom. The van der Waals surface area contributed by atoms with Crippen LogP contribution in [0, 0.1) is 0 Å². The Hall–Kier alpha value is -1.58. The Labute approximate surface area is 204 Å². The number of halogens is 4. The van der Waals surface area contributed by atoms with E-state index in [1.807, 2.05) is 11.4 Å². The Balaban J connectivity index is 1.77. The smallest absolute Gasteiger partial charge is 0.281 e. The minimum atomic E-state index is -0.273. The molecule has 0 unspecified atom stereocenters. The van der Waals surface area contributed by atoms with Crippen molar-refractivity contribution in [3.8, 4) is 11.5 Å². The molecule has 0 fully saturated rings. The molecule has 0 saturated heterocycles. The summed E-state index contributed by atoms with van der Waals surface area (Å²) >= 11 is 20.4. The number of ether oxygens (including phenoxy) is 2. The lowest BCUT2D eigenvalue weighted by molar-refractivity contribution is 0.0959. The van der Waals surface area contributed by atoms with Crippen LogP contribution in [0.15, 0.2) is 55.8 Å². The van der Waals surface area contributed by atoms with Crippen molar-refractivity contribution in [2.24, 2.45) is 5.10 Å². The third kappa shape index (κ3) is 5.56. The Morgan fingerprint density at radius 3 is 2.67 bits per heavy atom. The van der Waals surface area contributed by atoms with Crippen LogP contribution in [0.5, 0.6) is 11.5 Å². The highest BCUT2D eigenvalue weighted by Crippen LogP contribution is 2.42. The Bertz CT molecular complexity index is 1090. The van der Waals surface area contributed by atoms with E-state index >= 15 is 0 Å². The molecule has 1 amide bonds. The molecular formula is C20H14Br2Cl2N2O3S. The largest absolute Gasteiger partial charge is 0.493 e. The summed E-state index contributed by atoms with van der Waals surface area (Å²) in [6, 6.07) is 10.6. The van der Waals surface area contributed by atoms with Crippen molar-refractivity contribution < 1.29 is 14.3 Å². The zero-order valence-electron chi connectivity index (χ0n) is 15.4. The summed E-state index contributed by atoms with van der Waals surface area (Å²) in [7, 11) is 1.54. The lowest BCUT2D eigenvalue weighted by atomic mass is 10.2. The molecule has 0 saturated carbocycles. The topological polar surface area (TPSA) is 59.9 Å². The predicted octanol–water partition coefficient (Wildman–Crippen LogP) is 6.93. The first kappa shape index (κ1) is 23.1. The number of hydrazone groups is 1. The molecule has 0 aliphatic heterocycles. The van der Waals surface area contributed by atoms with Gasteiger partial charge in [0, 0.05) is 10.0 Å². The van der Waals surface area contributed by atoms with E-state index in [2.05, 4.69) is 42.4 Å². The van der Waals surface area contributed by atoms with Crippen molar-refractivity contribution in [3.63, 3.8) is 0 Å². The maximum atomic E-state index is 12.0. The second-order valence-electron chi connectivity index (χ2n) is 5.84. The normalized spacial score (nSPS) is 11.0. The number of benzene rings is 2. The fraction of sp³-hybridized carbons (Fsp3) is 0.100. The molecule has 0 bridgehead atoms. The van der Waals surface area contributed by atoms with Gasteiger partial charge in [-0.1, -0.05) is 35.3 Å². The molecule has 1 aromatic heterocycles. The molecule has 0 radical (unpaired) electrons. The summed E-state index contributed by atoms with van der Waals surface area (Å²) in [5.41, 5.74) is 4.04. The van der Waals surface area contributed by atoms with E-state index in [4.69, 9.17) is 32.7 Å². The van der Waals surface area contributed by atoms with Crippen LogP contribution in [0.4, 0.5) is 0 Å². The summed E-state index contributed by atoms with van der Waals surface area (Å²) in [6.07, 6.45) is 1.52. The molecule has 10 heteroatoms. The summed E-state index contributed by atoms with van der Waals surface area (Å²) < 4.78 is 12.8. The van der Waals surface area contributed by atoms with E-state index in [9.17, 15) is 4.79 Å². The Morgan fingerprint density at radius 1 is 1.20 bits per heavy atom. The number of thiophene rings is 1. The minimum absolute atomic E-state index is 0.266. The van der Waals surface area contributed by atoms with E-state index in [0.29, 0.717) is 40.9 Å². The van der Waals surface area contributed by atoms with E-state index in [-0.39, 0.29) is 12.5 Å². The van der Waals surface area contributed by atoms with Crippen LogP contribution in [0.2, 0.25) is 10.0 Å². The summed E-state index contributed by atoms with van der Waals surface area (Å²) in [5.74, 6) is 0.733. The van der Waals surface area contributed by atoms with Crippen molar-refractivity contribution >= 4 is 78.5 Å². The maximum Gasteiger partial charge on any atom is 0.281 e. The van der Waals surface area contributed by atoms with Gasteiger partial charge in [0.15, 0.2) is 11.5 Å². The first-order valence-corrected chi connectivity index (χ1v) is 11.6. The molecule has 2 aromatic carbocycles. The number of nitrogens with zero attached hydrogens (tertiary/aromatic N) is 1. The SMILES string of the molecule is COc1cc(/C=N/NC(=O)c2cccs2)c(Br)c(Br)c1OCc1ccc(Cl)c(Cl)c1. The second kappa shape index (κ2) is 10.6. The van der Waals surface area contributed by atoms with Gasteiger partial charge in [0.25, 0.3) is 5.91 Å². The fourth-order valence-electron chi connectivity index (χ4n) is 2.39. The van der Waals surface area contributed by atoms with Crippen molar-refractivity contribution in [1.82, 2.24) is 5.43 Å². The van der Waals surface area contributed by atoms with Gasteiger partial charge in [-0.2, -0.15) is 5.10 Å². The molecule has 5 nitrogen and oxygen atoms in total. The van der Waals surface area contributed by atoms with Gasteiger partial charge in [-0.15, -0.1) is 11.3 Å². The summed E-state index contributed by atoms with van der Waals surface area (Å²) in [5, 5.41) is 6.79. The monoisotopic (exact) mass is 590 g/mol. The molecule has 1 N–H and O–H groups in total. The number of methoxy groups -OCH3 is 1. The van der Waals surface area contributed by atoms with Crippen LogP contribution in [-0.2, 0) is 6.61 Å². The molecule has 3 aromatic rings. The van der Waals surface area contributed by atoms with Crippen LogP contribution in [-0.4, -0.2) is 19.2 Å². The third-order valence-electron chi connectivity index (χ3n) is 3.86. The lowest BCUT2D eigenvalue weighted by Gasteiger charge is -2.15. The molecular weight excluding hydrogens is 579 g/mol. The first-order valence-electron chi connectivity index (χ1n) is 8.40. The van der Waals surface area contributed by atoms with Gasteiger partial charge in [-0.05, 0) is 67.1 Å². The quantitative estimate of drug-likeness (QED) is 0.239. The zero-order chi connectivity index (χ0) is 21.7. The summed E-state index contributed by atoms with van der Waals surface area (Å²) in [6.45, 7) is 0.266. The van der Waals surface area contributed by atoms with Gasteiger partial charge >= 0.3 is 0 Å². The molecule has 0 aliphatic carbocycles. The van der Waals surface area contributed by atoms with Crippen molar-refractivity contribution in [2.75, 3.05) is 7.11 Å². The number of hydrogen-bond acceptors (Lipinski definition) is 5. The highest BCUT2D eigenvalue weighted by molar-refractivity contribution is 9.13. The highest BCUT2D eigenvalue weighted by Gasteiger charge is 2.17. The number of carbonyl (C=O) groups is 1. The minimum Gasteiger partial charge on any atom is -0.493 e. The van der Waals surface area contributed by atoms with Crippen molar-refractivity contribution in [2.45, 2.75) is 6.61 Å². The van der Waals surface area contributed by atoms with Gasteiger partial charge < -0.3 is 9.47 Å². The van der Waals surface area contributed by atoms with Crippen LogP contribution >= 0.6 is 66.4 Å². The lowest BCUT2D eigenvalue weighted by Crippen LogP contribution is -2.16. The van der Waals surface area contributed by atoms with Crippen LogP contribution in [0.1, 0.15) is 20.8 Å². The highest BCUT2D eigenvalue weighted by atomic mass is 79.9. The Kier molecular flexibility index (Phi) is 8.19. The number of rotatable bonds is 7. The van der Waals surface area contributed by atoms with E-state index in [0.717, 1.165) is 5.56 Å². The first-order chi connectivity index (χ1) is 14.4. The molecule has 156 valence electrons. The van der Waals surface area contributed by atoms with Crippen LogP contribution < -0.4 is 14.9 Å². The van der Waals surface area contributed by atoms with E-state index in [1.54, 1.807) is 37.4 Å². The van der Waals surface area contributed by atoms with E-state index in [1.165, 1.54) is 17.6 Å². The summed E-state index contributed by atoms with van der Waals surface area (Å²) in [4.78, 5) is 12.6. The molecule has 0 atom stereocenters. The maximum absolute atomic E-state index is 12.0. The van der Waals surface area contributed by atoms with Crippen LogP contribution in [0.3, 0.4) is 0 Å². The molecule has 30 heavy (non-hydrogen) atoms. The number of amides is 1. The number of carbonyl (C=O) groups excluding carboxylic acids is 1. The van der Waals surface area contributed by atoms with Gasteiger partial charge in [-0.25, -0.2) is 5.43 Å². The van der Waals surface area contributed by atoms with E-state index < -0.39 is 0 Å². The molecule has 0 spiro atoms. The average Bonchev–Trinajstić information content (AvgIpc) is 3.27. The van der Waals surface area contributed by atoms with Crippen molar-refractivity contribution in [3.05, 3.63) is 76.8 Å². The molecule has 3 rings (SSSR count). The van der Waals surface area contributed by atoms with Crippen LogP contribution in [0.25, 0.3) is 0 Å². The second-order valence-corrected chi connectivity index (χ2v) is 9.19. The number of nitrogens with one attached hydrogen (secondary N) is 1. The van der Waals surface area contributed by atoms with Crippen molar-refractivity contribution in [1.29, 1.82) is 0 Å². The molecule has 0 aliphatic rings. The van der Waals surface area contributed by atoms with Gasteiger partial charge in [0.1, 0.15) is 6.61 Å². The van der Waals surface area contributed by atoms with Gasteiger partial charge in [-0.3, -0.25) is 4.79 Å².